The van der Waals surface area contributed by atoms with Gasteiger partial charge in [0.25, 0.3) is 0 Å². The summed E-state index contributed by atoms with van der Waals surface area (Å²) in [5, 5.41) is 4.29. The maximum absolute atomic E-state index is 6.16. The molecule has 3 aromatic heterocycles. The SMILES string of the molecule is c1ccc(-c2oc3ncnc(NCC4CCCO4)c3c2-c2ccoc2)cc1. The molecule has 4 heterocycles. The Hall–Kier alpha value is -3.12. The number of nitrogens with one attached hydrogen (secondary N) is 1. The van der Waals surface area contributed by atoms with Gasteiger partial charge in [0, 0.05) is 29.8 Å². The Bertz CT molecular complexity index is 1040. The van der Waals surface area contributed by atoms with Gasteiger partial charge >= 0.3 is 0 Å². The molecule has 6 heteroatoms. The van der Waals surface area contributed by atoms with E-state index in [9.17, 15) is 0 Å². The Kier molecular flexibility index (Phi) is 4.10. The Labute approximate surface area is 156 Å². The summed E-state index contributed by atoms with van der Waals surface area (Å²) in [7, 11) is 0. The highest BCUT2D eigenvalue weighted by Gasteiger charge is 2.23. The van der Waals surface area contributed by atoms with Crippen LogP contribution in [-0.2, 0) is 4.74 Å². The second kappa shape index (κ2) is 6.89. The molecule has 1 aliphatic rings. The van der Waals surface area contributed by atoms with Crippen molar-refractivity contribution in [3.05, 3.63) is 55.3 Å². The molecule has 1 fully saturated rings. The summed E-state index contributed by atoms with van der Waals surface area (Å²) in [4.78, 5) is 8.84. The van der Waals surface area contributed by atoms with Crippen molar-refractivity contribution in [2.24, 2.45) is 0 Å². The summed E-state index contributed by atoms with van der Waals surface area (Å²) in [5.41, 5.74) is 3.40. The van der Waals surface area contributed by atoms with Crippen molar-refractivity contribution in [3.8, 4) is 22.5 Å². The number of furan rings is 2. The minimum atomic E-state index is 0.216. The zero-order valence-electron chi connectivity index (χ0n) is 14.7. The quantitative estimate of drug-likeness (QED) is 0.553. The molecule has 4 aromatic rings. The second-order valence-corrected chi connectivity index (χ2v) is 6.60. The highest BCUT2D eigenvalue weighted by molar-refractivity contribution is 6.05. The molecule has 136 valence electrons. The smallest absolute Gasteiger partial charge is 0.232 e. The summed E-state index contributed by atoms with van der Waals surface area (Å²) in [6.07, 6.45) is 7.29. The second-order valence-electron chi connectivity index (χ2n) is 6.60. The molecule has 1 aromatic carbocycles. The monoisotopic (exact) mass is 361 g/mol. The predicted molar refractivity (Wildman–Crippen MR) is 102 cm³/mol. The van der Waals surface area contributed by atoms with Crippen LogP contribution in [0.1, 0.15) is 12.8 Å². The van der Waals surface area contributed by atoms with Crippen LogP contribution in [0.25, 0.3) is 33.6 Å². The van der Waals surface area contributed by atoms with E-state index < -0.39 is 0 Å². The molecule has 5 rings (SSSR count). The standard InChI is InChI=1S/C21H19N3O3/c1-2-5-14(6-3-1)19-17(15-8-10-25-12-15)18-20(23-13-24-21(18)27-19)22-11-16-7-4-9-26-16/h1-3,5-6,8,10,12-13,16H,4,7,9,11H2,(H,22,23,24). The van der Waals surface area contributed by atoms with E-state index in [0.717, 1.165) is 53.1 Å². The Morgan fingerprint density at radius 2 is 2.00 bits per heavy atom. The Morgan fingerprint density at radius 1 is 1.07 bits per heavy atom. The van der Waals surface area contributed by atoms with Gasteiger partial charge in [0.05, 0.1) is 24.0 Å². The molecule has 0 spiro atoms. The van der Waals surface area contributed by atoms with Crippen molar-refractivity contribution in [1.82, 2.24) is 9.97 Å². The van der Waals surface area contributed by atoms with Crippen LogP contribution in [0.3, 0.4) is 0 Å². The first-order valence-electron chi connectivity index (χ1n) is 9.11. The summed E-state index contributed by atoms with van der Waals surface area (Å²) in [6, 6.07) is 11.9. The molecule has 1 unspecified atom stereocenters. The number of nitrogens with zero attached hydrogens (tertiary/aromatic N) is 2. The topological polar surface area (TPSA) is 73.3 Å². The van der Waals surface area contributed by atoms with Gasteiger partial charge in [0.15, 0.2) is 0 Å². The summed E-state index contributed by atoms with van der Waals surface area (Å²) < 4.78 is 17.2. The van der Waals surface area contributed by atoms with Crippen molar-refractivity contribution in [2.75, 3.05) is 18.5 Å². The van der Waals surface area contributed by atoms with Crippen LogP contribution in [0.15, 0.2) is 64.1 Å². The van der Waals surface area contributed by atoms with Crippen LogP contribution in [0.2, 0.25) is 0 Å². The summed E-state index contributed by atoms with van der Waals surface area (Å²) in [5.74, 6) is 1.50. The zero-order valence-corrected chi connectivity index (χ0v) is 14.7. The summed E-state index contributed by atoms with van der Waals surface area (Å²) >= 11 is 0. The first kappa shape index (κ1) is 16.1. The van der Waals surface area contributed by atoms with Crippen molar-refractivity contribution in [3.63, 3.8) is 0 Å². The van der Waals surface area contributed by atoms with Gasteiger partial charge < -0.3 is 18.9 Å². The number of hydrogen-bond donors (Lipinski definition) is 1. The van der Waals surface area contributed by atoms with E-state index in [2.05, 4.69) is 15.3 Å². The van der Waals surface area contributed by atoms with Crippen LogP contribution in [-0.4, -0.2) is 29.2 Å². The van der Waals surface area contributed by atoms with E-state index in [1.165, 1.54) is 6.33 Å². The van der Waals surface area contributed by atoms with Crippen LogP contribution < -0.4 is 5.32 Å². The zero-order chi connectivity index (χ0) is 18.1. The molecule has 1 N–H and O–H groups in total. The molecule has 1 atom stereocenters. The van der Waals surface area contributed by atoms with Crippen LogP contribution in [0, 0.1) is 0 Å². The maximum Gasteiger partial charge on any atom is 0.232 e. The molecule has 1 aliphatic heterocycles. The van der Waals surface area contributed by atoms with Gasteiger partial charge in [-0.25, -0.2) is 9.97 Å². The van der Waals surface area contributed by atoms with Gasteiger partial charge in [0.2, 0.25) is 5.71 Å². The van der Waals surface area contributed by atoms with Crippen molar-refractivity contribution >= 4 is 16.9 Å². The van der Waals surface area contributed by atoms with Crippen molar-refractivity contribution < 1.29 is 13.6 Å². The molecule has 0 radical (unpaired) electrons. The predicted octanol–water partition coefficient (Wildman–Crippen LogP) is 4.74. The van der Waals surface area contributed by atoms with E-state index in [0.29, 0.717) is 12.3 Å². The lowest BCUT2D eigenvalue weighted by atomic mass is 10.0. The van der Waals surface area contributed by atoms with Crippen LogP contribution in [0.5, 0.6) is 0 Å². The first-order chi connectivity index (χ1) is 13.4. The number of fused-ring (bicyclic) bond motifs is 1. The lowest BCUT2D eigenvalue weighted by Crippen LogP contribution is -2.19. The molecule has 0 bridgehead atoms. The van der Waals surface area contributed by atoms with Gasteiger partial charge in [0.1, 0.15) is 17.9 Å². The van der Waals surface area contributed by atoms with Gasteiger partial charge in [-0.1, -0.05) is 30.3 Å². The molecule has 27 heavy (non-hydrogen) atoms. The minimum absolute atomic E-state index is 0.216. The van der Waals surface area contributed by atoms with E-state index in [1.54, 1.807) is 12.5 Å². The fourth-order valence-electron chi connectivity index (χ4n) is 3.56. The van der Waals surface area contributed by atoms with Gasteiger partial charge in [-0.2, -0.15) is 0 Å². The Morgan fingerprint density at radius 3 is 2.78 bits per heavy atom. The minimum Gasteiger partial charge on any atom is -0.472 e. The number of aromatic nitrogens is 2. The van der Waals surface area contributed by atoms with E-state index in [4.69, 9.17) is 13.6 Å². The molecule has 0 saturated carbocycles. The molecular formula is C21H19N3O3. The van der Waals surface area contributed by atoms with Crippen molar-refractivity contribution in [1.29, 1.82) is 0 Å². The highest BCUT2D eigenvalue weighted by atomic mass is 16.5. The molecule has 6 nitrogen and oxygen atoms in total. The number of hydrogen-bond acceptors (Lipinski definition) is 6. The first-order valence-corrected chi connectivity index (χ1v) is 9.11. The lowest BCUT2D eigenvalue weighted by Gasteiger charge is -2.12. The Balaban J connectivity index is 1.65. The van der Waals surface area contributed by atoms with Crippen molar-refractivity contribution in [2.45, 2.75) is 18.9 Å². The molecule has 0 aliphatic carbocycles. The van der Waals surface area contributed by atoms with Crippen LogP contribution in [0.4, 0.5) is 5.82 Å². The van der Waals surface area contributed by atoms with E-state index in [-0.39, 0.29) is 6.10 Å². The van der Waals surface area contributed by atoms with Gasteiger partial charge in [-0.15, -0.1) is 0 Å². The number of rotatable bonds is 5. The third kappa shape index (κ3) is 2.98. The third-order valence-electron chi connectivity index (χ3n) is 4.86. The molecule has 0 amide bonds. The highest BCUT2D eigenvalue weighted by Crippen LogP contribution is 2.42. The van der Waals surface area contributed by atoms with Crippen LogP contribution >= 0.6 is 0 Å². The lowest BCUT2D eigenvalue weighted by molar-refractivity contribution is 0.120. The fourth-order valence-corrected chi connectivity index (χ4v) is 3.56. The van der Waals surface area contributed by atoms with Gasteiger partial charge in [-0.05, 0) is 18.9 Å². The van der Waals surface area contributed by atoms with Gasteiger partial charge in [-0.3, -0.25) is 0 Å². The van der Waals surface area contributed by atoms with E-state index >= 15 is 0 Å². The van der Waals surface area contributed by atoms with E-state index in [1.807, 2.05) is 36.4 Å². The largest absolute Gasteiger partial charge is 0.472 e. The maximum atomic E-state index is 6.16. The average molecular weight is 361 g/mol. The molecule has 1 saturated heterocycles. The third-order valence-corrected chi connectivity index (χ3v) is 4.86. The number of ether oxygens (including phenoxy) is 1. The summed E-state index contributed by atoms with van der Waals surface area (Å²) in [6.45, 7) is 1.54. The fraction of sp³-hybridized carbons (Fsp3) is 0.238. The number of anilines is 1. The normalized spacial score (nSPS) is 16.8. The average Bonchev–Trinajstić information content (AvgIpc) is 3.47. The molecular weight excluding hydrogens is 342 g/mol. The number of benzene rings is 1.